The number of anilines is 2. The molecule has 1 aromatic carbocycles. The van der Waals surface area contributed by atoms with Crippen LogP contribution in [-0.2, 0) is 0 Å². The average Bonchev–Trinajstić information content (AvgIpc) is 2.58. The van der Waals surface area contributed by atoms with E-state index in [9.17, 15) is 13.6 Å². The Kier molecular flexibility index (Phi) is 4.74. The summed E-state index contributed by atoms with van der Waals surface area (Å²) in [4.78, 5) is 18.5. The van der Waals surface area contributed by atoms with Crippen LogP contribution < -0.4 is 10.2 Å². The first-order chi connectivity index (χ1) is 11.5. The number of nitrogens with one attached hydrogen (secondary N) is 1. The molecule has 1 fully saturated rings. The minimum Gasteiger partial charge on any atom is -0.371 e. The van der Waals surface area contributed by atoms with Crippen LogP contribution in [0.1, 0.15) is 30.3 Å². The Hall–Kier alpha value is -2.50. The minimum absolute atomic E-state index is 0.133. The molecule has 0 spiro atoms. The molecule has 0 radical (unpaired) electrons. The van der Waals surface area contributed by atoms with Crippen molar-refractivity contribution in [3.8, 4) is 0 Å². The van der Waals surface area contributed by atoms with Gasteiger partial charge in [-0.3, -0.25) is 9.78 Å². The summed E-state index contributed by atoms with van der Waals surface area (Å²) in [7, 11) is 0. The van der Waals surface area contributed by atoms with Crippen LogP contribution in [-0.4, -0.2) is 24.0 Å². The molecule has 24 heavy (non-hydrogen) atoms. The van der Waals surface area contributed by atoms with Gasteiger partial charge in [0.2, 0.25) is 0 Å². The molecular formula is C18H19F2N3O. The molecule has 1 N–H and O–H groups in total. The van der Waals surface area contributed by atoms with Crippen LogP contribution in [0.25, 0.3) is 0 Å². The number of halogens is 2. The fourth-order valence-electron chi connectivity index (χ4n) is 2.96. The number of nitrogens with zero attached hydrogens (tertiary/aromatic N) is 2. The zero-order chi connectivity index (χ0) is 17.1. The fraction of sp³-hybridized carbons (Fsp3) is 0.333. The number of piperidine rings is 1. The third-order valence-corrected chi connectivity index (χ3v) is 4.20. The Morgan fingerprint density at radius 1 is 1.29 bits per heavy atom. The molecule has 1 atom stereocenters. The number of hydrogen-bond acceptors (Lipinski definition) is 3. The predicted molar refractivity (Wildman–Crippen MR) is 89.2 cm³/mol. The van der Waals surface area contributed by atoms with Gasteiger partial charge in [-0.1, -0.05) is 13.0 Å². The molecule has 0 aliphatic carbocycles. The van der Waals surface area contributed by atoms with E-state index in [4.69, 9.17) is 0 Å². The number of benzene rings is 1. The van der Waals surface area contributed by atoms with Gasteiger partial charge >= 0.3 is 0 Å². The van der Waals surface area contributed by atoms with Crippen LogP contribution in [0.5, 0.6) is 0 Å². The molecule has 1 unspecified atom stereocenters. The number of rotatable bonds is 3. The fourth-order valence-corrected chi connectivity index (χ4v) is 2.96. The third kappa shape index (κ3) is 3.53. The third-order valence-electron chi connectivity index (χ3n) is 4.20. The van der Waals surface area contributed by atoms with Crippen LogP contribution in [0, 0.1) is 17.6 Å². The summed E-state index contributed by atoms with van der Waals surface area (Å²) < 4.78 is 27.3. The summed E-state index contributed by atoms with van der Waals surface area (Å²) >= 11 is 0. The van der Waals surface area contributed by atoms with Gasteiger partial charge in [0, 0.05) is 25.0 Å². The lowest BCUT2D eigenvalue weighted by Crippen LogP contribution is -2.34. The normalized spacial score (nSPS) is 17.6. The highest BCUT2D eigenvalue weighted by Crippen LogP contribution is 2.24. The SMILES string of the molecule is CC1CCCN(c2ccnc(C(=O)Nc3c(F)cccc3F)c2)C1. The minimum atomic E-state index is -0.815. The van der Waals surface area contributed by atoms with Crippen LogP contribution >= 0.6 is 0 Å². The maximum Gasteiger partial charge on any atom is 0.274 e. The van der Waals surface area contributed by atoms with Crippen molar-refractivity contribution in [2.45, 2.75) is 19.8 Å². The largest absolute Gasteiger partial charge is 0.371 e. The highest BCUT2D eigenvalue weighted by atomic mass is 19.1. The molecule has 2 aromatic rings. The summed E-state index contributed by atoms with van der Waals surface area (Å²) in [6.07, 6.45) is 3.84. The van der Waals surface area contributed by atoms with E-state index >= 15 is 0 Å². The van der Waals surface area contributed by atoms with E-state index in [1.165, 1.54) is 12.5 Å². The first-order valence-corrected chi connectivity index (χ1v) is 8.01. The lowest BCUT2D eigenvalue weighted by Gasteiger charge is -2.32. The van der Waals surface area contributed by atoms with Gasteiger partial charge in [-0.15, -0.1) is 0 Å². The van der Waals surface area contributed by atoms with Gasteiger partial charge in [0.15, 0.2) is 0 Å². The zero-order valence-corrected chi connectivity index (χ0v) is 13.4. The van der Waals surface area contributed by atoms with E-state index in [2.05, 4.69) is 22.1 Å². The number of pyridine rings is 1. The topological polar surface area (TPSA) is 45.2 Å². The lowest BCUT2D eigenvalue weighted by atomic mass is 10.00. The molecule has 1 aromatic heterocycles. The van der Waals surface area contributed by atoms with Gasteiger partial charge in [0.05, 0.1) is 0 Å². The zero-order valence-electron chi connectivity index (χ0n) is 13.4. The maximum absolute atomic E-state index is 13.7. The number of para-hydroxylation sites is 1. The molecule has 4 nitrogen and oxygen atoms in total. The van der Waals surface area contributed by atoms with E-state index in [1.54, 1.807) is 12.3 Å². The van der Waals surface area contributed by atoms with Gasteiger partial charge < -0.3 is 10.2 Å². The second-order valence-electron chi connectivity index (χ2n) is 6.14. The average molecular weight is 331 g/mol. The molecule has 1 aliphatic rings. The van der Waals surface area contributed by atoms with Crippen molar-refractivity contribution >= 4 is 17.3 Å². The van der Waals surface area contributed by atoms with Crippen molar-refractivity contribution in [1.29, 1.82) is 0 Å². The summed E-state index contributed by atoms with van der Waals surface area (Å²) in [6.45, 7) is 4.05. The van der Waals surface area contributed by atoms with Crippen molar-refractivity contribution < 1.29 is 13.6 Å². The molecular weight excluding hydrogens is 312 g/mol. The number of hydrogen-bond donors (Lipinski definition) is 1. The van der Waals surface area contributed by atoms with Crippen LogP contribution in [0.15, 0.2) is 36.5 Å². The second kappa shape index (κ2) is 6.95. The van der Waals surface area contributed by atoms with Gasteiger partial charge in [-0.05, 0) is 43.0 Å². The van der Waals surface area contributed by atoms with E-state index in [0.29, 0.717) is 5.92 Å². The van der Waals surface area contributed by atoms with Crippen LogP contribution in [0.4, 0.5) is 20.2 Å². The highest BCUT2D eigenvalue weighted by Gasteiger charge is 2.19. The van der Waals surface area contributed by atoms with E-state index in [0.717, 1.165) is 37.3 Å². The number of amides is 1. The van der Waals surface area contributed by atoms with Crippen molar-refractivity contribution in [3.63, 3.8) is 0 Å². The van der Waals surface area contributed by atoms with Crippen molar-refractivity contribution in [3.05, 3.63) is 53.9 Å². The van der Waals surface area contributed by atoms with E-state index < -0.39 is 23.2 Å². The van der Waals surface area contributed by atoms with E-state index in [-0.39, 0.29) is 5.69 Å². The summed E-state index contributed by atoms with van der Waals surface area (Å²) in [5.41, 5.74) is 0.574. The Morgan fingerprint density at radius 3 is 2.75 bits per heavy atom. The van der Waals surface area contributed by atoms with Gasteiger partial charge in [-0.25, -0.2) is 8.78 Å². The molecule has 126 valence electrons. The van der Waals surface area contributed by atoms with Crippen molar-refractivity contribution in [2.75, 3.05) is 23.3 Å². The smallest absolute Gasteiger partial charge is 0.274 e. The van der Waals surface area contributed by atoms with Gasteiger partial charge in [-0.2, -0.15) is 0 Å². The number of carbonyl (C=O) groups excluding carboxylic acids is 1. The molecule has 1 aliphatic heterocycles. The Balaban J connectivity index is 1.79. The molecule has 2 heterocycles. The Morgan fingerprint density at radius 2 is 2.04 bits per heavy atom. The summed E-state index contributed by atoms with van der Waals surface area (Å²) in [6, 6.07) is 6.94. The van der Waals surface area contributed by atoms with E-state index in [1.807, 2.05) is 6.07 Å². The Bertz CT molecular complexity index is 731. The molecule has 0 bridgehead atoms. The summed E-state index contributed by atoms with van der Waals surface area (Å²) in [5.74, 6) is -1.67. The van der Waals surface area contributed by atoms with Gasteiger partial charge in [0.25, 0.3) is 5.91 Å². The molecule has 1 amide bonds. The Labute approximate surface area is 139 Å². The van der Waals surface area contributed by atoms with Crippen molar-refractivity contribution in [1.82, 2.24) is 4.98 Å². The van der Waals surface area contributed by atoms with Crippen molar-refractivity contribution in [2.24, 2.45) is 5.92 Å². The molecule has 1 saturated heterocycles. The standard InChI is InChI=1S/C18H19F2N3O/c1-12-4-3-9-23(11-12)13-7-8-21-16(10-13)18(24)22-17-14(19)5-2-6-15(17)20/h2,5-8,10,12H,3-4,9,11H2,1H3,(H,22,24). The highest BCUT2D eigenvalue weighted by molar-refractivity contribution is 6.03. The number of carbonyl (C=O) groups is 1. The quantitative estimate of drug-likeness (QED) is 0.929. The second-order valence-corrected chi connectivity index (χ2v) is 6.14. The van der Waals surface area contributed by atoms with Crippen LogP contribution in [0.3, 0.4) is 0 Å². The summed E-state index contributed by atoms with van der Waals surface area (Å²) in [5, 5.41) is 2.26. The first kappa shape index (κ1) is 16.4. The lowest BCUT2D eigenvalue weighted by molar-refractivity contribution is 0.102. The molecule has 6 heteroatoms. The first-order valence-electron chi connectivity index (χ1n) is 8.01. The number of aromatic nitrogens is 1. The maximum atomic E-state index is 13.7. The monoisotopic (exact) mass is 331 g/mol. The molecule has 0 saturated carbocycles. The van der Waals surface area contributed by atoms with Crippen LogP contribution in [0.2, 0.25) is 0 Å². The predicted octanol–water partition coefficient (Wildman–Crippen LogP) is 3.85. The molecule has 3 rings (SSSR count). The van der Waals surface area contributed by atoms with Gasteiger partial charge in [0.1, 0.15) is 23.0 Å².